The second-order valence-electron chi connectivity index (χ2n) is 4.44. The zero-order valence-electron chi connectivity index (χ0n) is 10.8. The van der Waals surface area contributed by atoms with Gasteiger partial charge in [-0.25, -0.2) is 4.98 Å². The summed E-state index contributed by atoms with van der Waals surface area (Å²) in [6.07, 6.45) is 1.58. The predicted octanol–water partition coefficient (Wildman–Crippen LogP) is 3.26. The molecular formula is C13H17N3S2. The van der Waals surface area contributed by atoms with Crippen molar-refractivity contribution in [2.45, 2.75) is 31.2 Å². The van der Waals surface area contributed by atoms with Crippen LogP contribution >= 0.6 is 23.3 Å². The third kappa shape index (κ3) is 3.10. The molecule has 2 rings (SSSR count). The van der Waals surface area contributed by atoms with Crippen LogP contribution in [-0.2, 0) is 0 Å². The van der Waals surface area contributed by atoms with Crippen LogP contribution in [0.15, 0.2) is 22.8 Å². The minimum atomic E-state index is 0.0412. The van der Waals surface area contributed by atoms with Crippen LogP contribution in [0.3, 0.4) is 0 Å². The Morgan fingerprint density at radius 2 is 1.94 bits per heavy atom. The number of hydrogen-bond donors (Lipinski definition) is 1. The van der Waals surface area contributed by atoms with E-state index in [0.717, 1.165) is 10.1 Å². The van der Waals surface area contributed by atoms with Gasteiger partial charge in [0.2, 0.25) is 0 Å². The van der Waals surface area contributed by atoms with Crippen molar-refractivity contribution < 1.29 is 0 Å². The molecule has 0 saturated carbocycles. The molecule has 0 spiro atoms. The van der Waals surface area contributed by atoms with Gasteiger partial charge in [0, 0.05) is 11.8 Å². The maximum atomic E-state index is 6.30. The molecular weight excluding hydrogens is 262 g/mol. The summed E-state index contributed by atoms with van der Waals surface area (Å²) in [5.41, 5.74) is 11.4. The molecule has 0 radical (unpaired) electrons. The second kappa shape index (κ2) is 5.82. The Kier molecular flexibility index (Phi) is 4.37. The quantitative estimate of drug-likeness (QED) is 0.873. The van der Waals surface area contributed by atoms with Crippen LogP contribution in [0.25, 0.3) is 0 Å². The molecule has 0 saturated heterocycles. The Bertz CT molecular complexity index is 500. The van der Waals surface area contributed by atoms with Gasteiger partial charge in [0.1, 0.15) is 6.33 Å². The first-order valence-electron chi connectivity index (χ1n) is 5.80. The Morgan fingerprint density at radius 1 is 1.28 bits per heavy atom. The summed E-state index contributed by atoms with van der Waals surface area (Å²) in [5.74, 6) is 0.833. The Hall–Kier alpha value is -0.910. The zero-order valence-corrected chi connectivity index (χ0v) is 12.4. The summed E-state index contributed by atoms with van der Waals surface area (Å²) in [6, 6.07) is 4.43. The van der Waals surface area contributed by atoms with E-state index in [2.05, 4.69) is 42.3 Å². The number of thioether (sulfide) groups is 1. The maximum absolute atomic E-state index is 6.30. The van der Waals surface area contributed by atoms with E-state index in [1.54, 1.807) is 18.1 Å². The maximum Gasteiger partial charge on any atom is 0.169 e. The average molecular weight is 279 g/mol. The van der Waals surface area contributed by atoms with Gasteiger partial charge >= 0.3 is 0 Å². The third-order valence-electron chi connectivity index (χ3n) is 2.84. The van der Waals surface area contributed by atoms with Crippen molar-refractivity contribution in [2.24, 2.45) is 5.73 Å². The highest BCUT2D eigenvalue weighted by molar-refractivity contribution is 8.00. The minimum absolute atomic E-state index is 0.0412. The lowest BCUT2D eigenvalue weighted by atomic mass is 9.95. The first-order valence-corrected chi connectivity index (χ1v) is 7.56. The molecule has 0 aliphatic carbocycles. The lowest BCUT2D eigenvalue weighted by molar-refractivity contribution is 0.812. The van der Waals surface area contributed by atoms with Crippen LogP contribution in [0.5, 0.6) is 0 Å². The molecule has 1 aromatic carbocycles. The van der Waals surface area contributed by atoms with Gasteiger partial charge in [0.05, 0.1) is 0 Å². The minimum Gasteiger partial charge on any atom is -0.323 e. The van der Waals surface area contributed by atoms with E-state index in [1.165, 1.54) is 33.8 Å². The molecule has 2 N–H and O–H groups in total. The topological polar surface area (TPSA) is 51.8 Å². The van der Waals surface area contributed by atoms with Crippen LogP contribution in [0.1, 0.15) is 28.3 Å². The molecule has 1 atom stereocenters. The molecule has 0 amide bonds. The molecule has 0 aliphatic heterocycles. The zero-order chi connectivity index (χ0) is 13.1. The van der Waals surface area contributed by atoms with E-state index in [4.69, 9.17) is 5.73 Å². The molecule has 3 nitrogen and oxygen atoms in total. The summed E-state index contributed by atoms with van der Waals surface area (Å²) in [4.78, 5) is 4.16. The number of rotatable bonds is 4. The van der Waals surface area contributed by atoms with Crippen molar-refractivity contribution in [1.29, 1.82) is 0 Å². The van der Waals surface area contributed by atoms with Gasteiger partial charge in [-0.1, -0.05) is 29.5 Å². The van der Waals surface area contributed by atoms with E-state index in [0.29, 0.717) is 0 Å². The van der Waals surface area contributed by atoms with Crippen LogP contribution in [0.2, 0.25) is 0 Å². The molecule has 1 aromatic heterocycles. The van der Waals surface area contributed by atoms with E-state index < -0.39 is 0 Å². The van der Waals surface area contributed by atoms with Gasteiger partial charge in [-0.2, -0.15) is 4.37 Å². The molecule has 0 aliphatic rings. The smallest absolute Gasteiger partial charge is 0.169 e. The van der Waals surface area contributed by atoms with Gasteiger partial charge in [0.25, 0.3) is 0 Å². The molecule has 96 valence electrons. The monoisotopic (exact) mass is 279 g/mol. The van der Waals surface area contributed by atoms with Crippen molar-refractivity contribution in [3.63, 3.8) is 0 Å². The summed E-state index contributed by atoms with van der Waals surface area (Å²) in [5, 5.41) is 0. The fourth-order valence-corrected chi connectivity index (χ4v) is 3.68. The first kappa shape index (κ1) is 13.5. The summed E-state index contributed by atoms with van der Waals surface area (Å²) < 4.78 is 4.97. The number of aromatic nitrogens is 2. The fraction of sp³-hybridized carbons (Fsp3) is 0.385. The van der Waals surface area contributed by atoms with E-state index in [1.807, 2.05) is 0 Å². The first-order chi connectivity index (χ1) is 8.58. The number of nitrogens with zero attached hydrogens (tertiary/aromatic N) is 2. The lowest BCUT2D eigenvalue weighted by Gasteiger charge is -2.17. The van der Waals surface area contributed by atoms with Crippen molar-refractivity contribution in [3.8, 4) is 0 Å². The number of benzene rings is 1. The van der Waals surface area contributed by atoms with Crippen LogP contribution in [-0.4, -0.2) is 15.1 Å². The van der Waals surface area contributed by atoms with Gasteiger partial charge in [0.15, 0.2) is 4.34 Å². The molecule has 18 heavy (non-hydrogen) atoms. The predicted molar refractivity (Wildman–Crippen MR) is 78.2 cm³/mol. The lowest BCUT2D eigenvalue weighted by Crippen LogP contribution is -2.16. The SMILES string of the molecule is Cc1cc(C)c(C(N)CSc2ncns2)c(C)c1. The van der Waals surface area contributed by atoms with Gasteiger partial charge in [-0.05, 0) is 49.0 Å². The van der Waals surface area contributed by atoms with E-state index in [-0.39, 0.29) is 6.04 Å². The summed E-state index contributed by atoms with van der Waals surface area (Å²) in [7, 11) is 0. The second-order valence-corrected chi connectivity index (χ2v) is 6.48. The van der Waals surface area contributed by atoms with Crippen molar-refractivity contribution >= 4 is 23.3 Å². The highest BCUT2D eigenvalue weighted by atomic mass is 32.2. The number of aryl methyl sites for hydroxylation is 3. The molecule has 5 heteroatoms. The number of nitrogens with two attached hydrogens (primary N) is 1. The standard InChI is InChI=1S/C13H17N3S2/c1-8-4-9(2)12(10(3)5-8)11(14)6-17-13-15-7-16-18-13/h4-5,7,11H,6,14H2,1-3H3. The molecule has 0 bridgehead atoms. The van der Waals surface area contributed by atoms with Crippen LogP contribution in [0, 0.1) is 20.8 Å². The Morgan fingerprint density at radius 3 is 2.50 bits per heavy atom. The molecule has 2 aromatic rings. The van der Waals surface area contributed by atoms with Gasteiger partial charge in [-0.15, -0.1) is 0 Å². The third-order valence-corrected chi connectivity index (χ3v) is 4.75. The summed E-state index contributed by atoms with van der Waals surface area (Å²) in [6.45, 7) is 6.38. The van der Waals surface area contributed by atoms with Crippen LogP contribution in [0.4, 0.5) is 0 Å². The van der Waals surface area contributed by atoms with Crippen LogP contribution < -0.4 is 5.73 Å². The van der Waals surface area contributed by atoms with Gasteiger partial charge in [-0.3, -0.25) is 0 Å². The highest BCUT2D eigenvalue weighted by Gasteiger charge is 2.13. The highest BCUT2D eigenvalue weighted by Crippen LogP contribution is 2.28. The normalized spacial score (nSPS) is 12.7. The summed E-state index contributed by atoms with van der Waals surface area (Å²) >= 11 is 3.09. The average Bonchev–Trinajstić information content (AvgIpc) is 2.77. The molecule has 1 heterocycles. The Balaban J connectivity index is 2.11. The van der Waals surface area contributed by atoms with Crippen molar-refractivity contribution in [2.75, 3.05) is 5.75 Å². The Labute approximate surface area is 116 Å². The van der Waals surface area contributed by atoms with Crippen molar-refractivity contribution in [3.05, 3.63) is 40.7 Å². The van der Waals surface area contributed by atoms with E-state index >= 15 is 0 Å². The van der Waals surface area contributed by atoms with Crippen molar-refractivity contribution in [1.82, 2.24) is 9.36 Å². The molecule has 1 unspecified atom stereocenters. The van der Waals surface area contributed by atoms with Gasteiger partial charge < -0.3 is 5.73 Å². The fourth-order valence-electron chi connectivity index (χ4n) is 2.25. The number of hydrogen-bond acceptors (Lipinski definition) is 5. The van der Waals surface area contributed by atoms with E-state index in [9.17, 15) is 0 Å². The largest absolute Gasteiger partial charge is 0.323 e. The molecule has 0 fully saturated rings.